The van der Waals surface area contributed by atoms with E-state index < -0.39 is 0 Å². The van der Waals surface area contributed by atoms with Gasteiger partial charge in [-0.15, -0.1) is 0 Å². The number of hydrogen-bond donors (Lipinski definition) is 0. The number of nitrogens with zero attached hydrogens (tertiary/aromatic N) is 2. The number of benzene rings is 2. The van der Waals surface area contributed by atoms with Gasteiger partial charge < -0.3 is 9.47 Å². The fourth-order valence-electron chi connectivity index (χ4n) is 2.22. The van der Waals surface area contributed by atoms with Crippen molar-refractivity contribution in [3.8, 4) is 11.5 Å². The average molecular weight is 296 g/mol. The summed E-state index contributed by atoms with van der Waals surface area (Å²) in [6, 6.07) is 14.7. The fourth-order valence-corrected chi connectivity index (χ4v) is 2.22. The monoisotopic (exact) mass is 296 g/mol. The van der Waals surface area contributed by atoms with Crippen LogP contribution in [-0.4, -0.2) is 23.3 Å². The van der Waals surface area contributed by atoms with Crippen molar-refractivity contribution in [2.75, 3.05) is 13.7 Å². The van der Waals surface area contributed by atoms with Crippen LogP contribution in [0.15, 0.2) is 59.7 Å². The summed E-state index contributed by atoms with van der Waals surface area (Å²) in [4.78, 5) is 16.6. The van der Waals surface area contributed by atoms with Crippen molar-refractivity contribution in [2.24, 2.45) is 0 Å². The zero-order valence-electron chi connectivity index (χ0n) is 12.2. The molecule has 5 heteroatoms. The number of hydrogen-bond acceptors (Lipinski definition) is 4. The van der Waals surface area contributed by atoms with E-state index in [1.165, 1.54) is 0 Å². The zero-order chi connectivity index (χ0) is 15.4. The van der Waals surface area contributed by atoms with Crippen LogP contribution in [-0.2, 0) is 6.54 Å². The fraction of sp³-hybridized carbons (Fsp3) is 0.176. The molecule has 1 aromatic heterocycles. The smallest absolute Gasteiger partial charge is 0.261 e. The highest BCUT2D eigenvalue weighted by atomic mass is 16.5. The molecule has 0 aliphatic rings. The van der Waals surface area contributed by atoms with Gasteiger partial charge in [0.25, 0.3) is 5.56 Å². The quantitative estimate of drug-likeness (QED) is 0.726. The lowest BCUT2D eigenvalue weighted by Gasteiger charge is -2.09. The number of aromatic nitrogens is 2. The van der Waals surface area contributed by atoms with Crippen molar-refractivity contribution in [1.82, 2.24) is 9.55 Å². The van der Waals surface area contributed by atoms with E-state index in [1.54, 1.807) is 30.1 Å². The van der Waals surface area contributed by atoms with Gasteiger partial charge in [-0.3, -0.25) is 9.36 Å². The van der Waals surface area contributed by atoms with E-state index in [9.17, 15) is 4.79 Å². The Morgan fingerprint density at radius 3 is 2.77 bits per heavy atom. The van der Waals surface area contributed by atoms with Gasteiger partial charge >= 0.3 is 0 Å². The molecule has 0 unspecified atom stereocenters. The number of ether oxygens (including phenoxy) is 2. The standard InChI is InChI=1S/C17H16N2O3/c1-21-13-5-4-6-14(11-13)22-10-9-19-12-18-16-8-3-2-7-15(16)17(19)20/h2-8,11-12H,9-10H2,1H3. The summed E-state index contributed by atoms with van der Waals surface area (Å²) in [6.07, 6.45) is 1.56. The van der Waals surface area contributed by atoms with E-state index in [4.69, 9.17) is 9.47 Å². The van der Waals surface area contributed by atoms with E-state index in [1.807, 2.05) is 36.4 Å². The lowest BCUT2D eigenvalue weighted by atomic mass is 10.2. The van der Waals surface area contributed by atoms with E-state index in [-0.39, 0.29) is 5.56 Å². The molecule has 0 fully saturated rings. The Morgan fingerprint density at radius 1 is 1.09 bits per heavy atom. The second-order valence-corrected chi connectivity index (χ2v) is 4.79. The van der Waals surface area contributed by atoms with Crippen LogP contribution in [0.25, 0.3) is 10.9 Å². The summed E-state index contributed by atoms with van der Waals surface area (Å²) in [5, 5.41) is 0.617. The molecular formula is C17H16N2O3. The van der Waals surface area contributed by atoms with Gasteiger partial charge in [0.05, 0.1) is 30.9 Å². The Morgan fingerprint density at radius 2 is 1.91 bits per heavy atom. The molecule has 5 nitrogen and oxygen atoms in total. The Hall–Kier alpha value is -2.82. The molecule has 0 bridgehead atoms. The molecule has 0 radical (unpaired) electrons. The summed E-state index contributed by atoms with van der Waals surface area (Å²) in [5.41, 5.74) is 0.650. The SMILES string of the molecule is COc1cccc(OCCn2cnc3ccccc3c2=O)c1. The third-order valence-corrected chi connectivity index (χ3v) is 3.37. The van der Waals surface area contributed by atoms with Crippen LogP contribution in [0.2, 0.25) is 0 Å². The van der Waals surface area contributed by atoms with Gasteiger partial charge in [-0.05, 0) is 24.3 Å². The average Bonchev–Trinajstić information content (AvgIpc) is 2.57. The molecule has 0 saturated carbocycles. The molecule has 22 heavy (non-hydrogen) atoms. The normalized spacial score (nSPS) is 10.6. The van der Waals surface area contributed by atoms with E-state index in [2.05, 4.69) is 4.98 Å². The van der Waals surface area contributed by atoms with Gasteiger partial charge in [0, 0.05) is 6.07 Å². The van der Waals surface area contributed by atoms with Crippen molar-refractivity contribution in [2.45, 2.75) is 6.54 Å². The van der Waals surface area contributed by atoms with Crippen LogP contribution in [0.4, 0.5) is 0 Å². The molecule has 0 atom stereocenters. The topological polar surface area (TPSA) is 53.4 Å². The Labute approximate surface area is 127 Å². The molecule has 2 aromatic carbocycles. The third-order valence-electron chi connectivity index (χ3n) is 3.37. The lowest BCUT2D eigenvalue weighted by Crippen LogP contribution is -2.23. The van der Waals surface area contributed by atoms with Gasteiger partial charge in [0.2, 0.25) is 0 Å². The second-order valence-electron chi connectivity index (χ2n) is 4.79. The summed E-state index contributed by atoms with van der Waals surface area (Å²) in [5.74, 6) is 1.45. The maximum Gasteiger partial charge on any atom is 0.261 e. The van der Waals surface area contributed by atoms with E-state index >= 15 is 0 Å². The Bertz CT molecular complexity index is 842. The van der Waals surface area contributed by atoms with Crippen molar-refractivity contribution < 1.29 is 9.47 Å². The molecule has 112 valence electrons. The van der Waals surface area contributed by atoms with Crippen LogP contribution < -0.4 is 15.0 Å². The van der Waals surface area contributed by atoms with Crippen LogP contribution in [0.5, 0.6) is 11.5 Å². The molecule has 0 saturated heterocycles. The lowest BCUT2D eigenvalue weighted by molar-refractivity contribution is 0.294. The molecule has 0 aliphatic heterocycles. The maximum absolute atomic E-state index is 12.3. The van der Waals surface area contributed by atoms with Crippen LogP contribution >= 0.6 is 0 Å². The molecule has 0 aliphatic carbocycles. The van der Waals surface area contributed by atoms with E-state index in [0.717, 1.165) is 5.75 Å². The number of fused-ring (bicyclic) bond motifs is 1. The van der Waals surface area contributed by atoms with Gasteiger partial charge in [0.1, 0.15) is 18.1 Å². The highest BCUT2D eigenvalue weighted by Crippen LogP contribution is 2.18. The predicted molar refractivity (Wildman–Crippen MR) is 84.5 cm³/mol. The van der Waals surface area contributed by atoms with Gasteiger partial charge in [0.15, 0.2) is 0 Å². The number of methoxy groups -OCH3 is 1. The van der Waals surface area contributed by atoms with Crippen molar-refractivity contribution in [1.29, 1.82) is 0 Å². The van der Waals surface area contributed by atoms with Gasteiger partial charge in [-0.2, -0.15) is 0 Å². The molecule has 1 heterocycles. The zero-order valence-corrected chi connectivity index (χ0v) is 12.2. The highest BCUT2D eigenvalue weighted by Gasteiger charge is 2.03. The molecule has 3 aromatic rings. The van der Waals surface area contributed by atoms with Crippen LogP contribution in [0.3, 0.4) is 0 Å². The second kappa shape index (κ2) is 6.30. The summed E-state index contributed by atoms with van der Waals surface area (Å²) < 4.78 is 12.4. The minimum absolute atomic E-state index is 0.0557. The Balaban J connectivity index is 1.71. The largest absolute Gasteiger partial charge is 0.497 e. The first-order chi connectivity index (χ1) is 10.8. The van der Waals surface area contributed by atoms with Crippen molar-refractivity contribution in [3.63, 3.8) is 0 Å². The number of para-hydroxylation sites is 1. The van der Waals surface area contributed by atoms with Gasteiger partial charge in [-0.1, -0.05) is 18.2 Å². The minimum Gasteiger partial charge on any atom is -0.497 e. The van der Waals surface area contributed by atoms with Crippen LogP contribution in [0.1, 0.15) is 0 Å². The van der Waals surface area contributed by atoms with Crippen molar-refractivity contribution >= 4 is 10.9 Å². The maximum atomic E-state index is 12.3. The third kappa shape index (κ3) is 2.93. The molecule has 0 spiro atoms. The van der Waals surface area contributed by atoms with Gasteiger partial charge in [-0.25, -0.2) is 4.98 Å². The first-order valence-electron chi connectivity index (χ1n) is 6.99. The minimum atomic E-state index is -0.0557. The van der Waals surface area contributed by atoms with Crippen LogP contribution in [0, 0.1) is 0 Å². The molecule has 3 rings (SSSR count). The van der Waals surface area contributed by atoms with E-state index in [0.29, 0.717) is 29.8 Å². The molecule has 0 N–H and O–H groups in total. The number of rotatable bonds is 5. The Kier molecular flexibility index (Phi) is 4.05. The predicted octanol–water partition coefficient (Wildman–Crippen LogP) is 2.48. The first kappa shape index (κ1) is 14.1. The molecule has 0 amide bonds. The molecular weight excluding hydrogens is 280 g/mol. The summed E-state index contributed by atoms with van der Waals surface area (Å²) in [6.45, 7) is 0.820. The van der Waals surface area contributed by atoms with Crippen molar-refractivity contribution in [3.05, 3.63) is 65.2 Å². The summed E-state index contributed by atoms with van der Waals surface area (Å²) >= 11 is 0. The first-order valence-corrected chi connectivity index (χ1v) is 6.99. The summed E-state index contributed by atoms with van der Waals surface area (Å²) in [7, 11) is 1.61. The highest BCUT2D eigenvalue weighted by molar-refractivity contribution is 5.76.